The maximum Gasteiger partial charge on any atom is 0.254 e. The van der Waals surface area contributed by atoms with E-state index >= 15 is 0 Å². The molecule has 1 atom stereocenters. The monoisotopic (exact) mass is 354 g/mol. The summed E-state index contributed by atoms with van der Waals surface area (Å²) in [6.07, 6.45) is 1.88. The molecule has 2 heterocycles. The summed E-state index contributed by atoms with van der Waals surface area (Å²) < 4.78 is 25.1. The van der Waals surface area contributed by atoms with E-state index in [1.807, 2.05) is 31.2 Å². The molecule has 3 aromatic rings. The second-order valence-electron chi connectivity index (χ2n) is 6.59. The van der Waals surface area contributed by atoms with E-state index in [0.29, 0.717) is 23.5 Å². The van der Waals surface area contributed by atoms with Crippen molar-refractivity contribution in [2.45, 2.75) is 45.6 Å². The predicted molar refractivity (Wildman–Crippen MR) is 92.2 cm³/mol. The fraction of sp³-hybridized carbons (Fsp3) is 0.368. The second-order valence-corrected chi connectivity index (χ2v) is 6.59. The van der Waals surface area contributed by atoms with Crippen molar-refractivity contribution in [1.82, 2.24) is 20.1 Å². The molecule has 1 saturated carbocycles. The van der Waals surface area contributed by atoms with Crippen molar-refractivity contribution in [3.63, 3.8) is 0 Å². The van der Waals surface area contributed by atoms with Crippen molar-refractivity contribution in [2.24, 2.45) is 0 Å². The number of benzene rings is 1. The smallest absolute Gasteiger partial charge is 0.254 e. The first kappa shape index (κ1) is 16.6. The normalized spacial score (nSPS) is 15.1. The molecule has 2 aromatic heterocycles. The minimum atomic E-state index is -0.529. The van der Waals surface area contributed by atoms with Gasteiger partial charge in [0.2, 0.25) is 17.5 Å². The molecule has 6 nitrogen and oxygen atoms in total. The Balaban J connectivity index is 1.50. The summed E-state index contributed by atoms with van der Waals surface area (Å²) >= 11 is 0. The number of ether oxygens (including phenoxy) is 1. The van der Waals surface area contributed by atoms with Crippen LogP contribution in [0.4, 0.5) is 4.39 Å². The average molecular weight is 354 g/mol. The first-order valence-corrected chi connectivity index (χ1v) is 8.62. The van der Waals surface area contributed by atoms with Gasteiger partial charge in [-0.15, -0.1) is 0 Å². The lowest BCUT2D eigenvalue weighted by Crippen LogP contribution is -2.08. The van der Waals surface area contributed by atoms with Crippen LogP contribution in [0.1, 0.15) is 54.8 Å². The van der Waals surface area contributed by atoms with Gasteiger partial charge in [-0.25, -0.2) is 4.98 Å². The zero-order chi connectivity index (χ0) is 18.3. The van der Waals surface area contributed by atoms with E-state index in [1.54, 1.807) is 13.8 Å². The molecular weight excluding hydrogens is 335 g/mol. The Morgan fingerprint density at radius 2 is 1.85 bits per heavy atom. The van der Waals surface area contributed by atoms with Crippen molar-refractivity contribution < 1.29 is 13.7 Å². The van der Waals surface area contributed by atoms with Crippen LogP contribution < -0.4 is 4.74 Å². The summed E-state index contributed by atoms with van der Waals surface area (Å²) in [4.78, 5) is 12.5. The highest BCUT2D eigenvalue weighted by Crippen LogP contribution is 2.39. The molecule has 134 valence electrons. The third-order valence-electron chi connectivity index (χ3n) is 4.39. The molecule has 0 bridgehead atoms. The fourth-order valence-corrected chi connectivity index (χ4v) is 2.73. The van der Waals surface area contributed by atoms with Crippen molar-refractivity contribution in [3.8, 4) is 17.3 Å². The summed E-state index contributed by atoms with van der Waals surface area (Å²) in [6, 6.07) is 7.63. The predicted octanol–water partition coefficient (Wildman–Crippen LogP) is 4.30. The van der Waals surface area contributed by atoms with E-state index in [4.69, 9.17) is 9.26 Å². The Labute approximate surface area is 150 Å². The standard InChI is InChI=1S/C19H19FN4O2/c1-10-16(20)19(22-12(3)21-10)25-11(2)13-4-6-14(7-5-13)17-23-18(26-24-17)15-8-9-15/h4-7,11,15H,8-9H2,1-3H3. The van der Waals surface area contributed by atoms with Crippen LogP contribution in [0.2, 0.25) is 0 Å². The molecule has 1 fully saturated rings. The molecule has 0 amide bonds. The summed E-state index contributed by atoms with van der Waals surface area (Å²) in [7, 11) is 0. The molecule has 4 rings (SSSR count). The number of rotatable bonds is 5. The average Bonchev–Trinajstić information content (AvgIpc) is 3.36. The van der Waals surface area contributed by atoms with Gasteiger partial charge in [0, 0.05) is 11.5 Å². The van der Waals surface area contributed by atoms with Crippen LogP contribution in [0.3, 0.4) is 0 Å². The largest absolute Gasteiger partial charge is 0.468 e. The number of halogens is 1. The lowest BCUT2D eigenvalue weighted by Gasteiger charge is -2.15. The van der Waals surface area contributed by atoms with E-state index in [-0.39, 0.29) is 17.7 Å². The molecule has 1 aliphatic carbocycles. The Kier molecular flexibility index (Phi) is 4.14. The van der Waals surface area contributed by atoms with Crippen molar-refractivity contribution in [1.29, 1.82) is 0 Å². The van der Waals surface area contributed by atoms with Gasteiger partial charge in [-0.05, 0) is 39.2 Å². The van der Waals surface area contributed by atoms with Gasteiger partial charge in [0.1, 0.15) is 11.9 Å². The van der Waals surface area contributed by atoms with Gasteiger partial charge in [-0.2, -0.15) is 14.4 Å². The molecule has 1 unspecified atom stereocenters. The molecule has 0 spiro atoms. The quantitative estimate of drug-likeness (QED) is 0.680. The van der Waals surface area contributed by atoms with Crippen LogP contribution in [-0.2, 0) is 0 Å². The molecule has 7 heteroatoms. The van der Waals surface area contributed by atoms with E-state index < -0.39 is 5.82 Å². The van der Waals surface area contributed by atoms with Crippen molar-refractivity contribution in [3.05, 3.63) is 53.1 Å². The third kappa shape index (κ3) is 3.29. The van der Waals surface area contributed by atoms with E-state index in [2.05, 4.69) is 20.1 Å². The number of aryl methyl sites for hydroxylation is 2. The van der Waals surface area contributed by atoms with Crippen LogP contribution in [0, 0.1) is 19.7 Å². The van der Waals surface area contributed by atoms with Crippen molar-refractivity contribution >= 4 is 0 Å². The summed E-state index contributed by atoms with van der Waals surface area (Å²) in [5.41, 5.74) is 2.04. The Hall–Kier alpha value is -2.83. The Morgan fingerprint density at radius 1 is 1.12 bits per heavy atom. The first-order valence-electron chi connectivity index (χ1n) is 8.62. The van der Waals surface area contributed by atoms with Gasteiger partial charge < -0.3 is 9.26 Å². The molecule has 0 N–H and O–H groups in total. The van der Waals surface area contributed by atoms with Gasteiger partial charge in [-0.3, -0.25) is 0 Å². The molecular formula is C19H19FN4O2. The molecule has 0 saturated heterocycles. The highest BCUT2D eigenvalue weighted by atomic mass is 19.1. The second kappa shape index (κ2) is 6.48. The van der Waals surface area contributed by atoms with Crippen LogP contribution in [0.25, 0.3) is 11.4 Å². The van der Waals surface area contributed by atoms with Crippen molar-refractivity contribution in [2.75, 3.05) is 0 Å². The fourth-order valence-electron chi connectivity index (χ4n) is 2.73. The molecule has 0 aliphatic heterocycles. The van der Waals surface area contributed by atoms with E-state index in [0.717, 1.165) is 24.0 Å². The maximum absolute atomic E-state index is 14.1. The zero-order valence-corrected chi connectivity index (χ0v) is 14.9. The number of aromatic nitrogens is 4. The topological polar surface area (TPSA) is 73.9 Å². The molecule has 0 radical (unpaired) electrons. The van der Waals surface area contributed by atoms with Gasteiger partial charge in [0.05, 0.1) is 5.69 Å². The van der Waals surface area contributed by atoms with Gasteiger partial charge >= 0.3 is 0 Å². The number of hydrogen-bond acceptors (Lipinski definition) is 6. The zero-order valence-electron chi connectivity index (χ0n) is 14.9. The summed E-state index contributed by atoms with van der Waals surface area (Å²) in [6.45, 7) is 5.15. The third-order valence-corrected chi connectivity index (χ3v) is 4.39. The lowest BCUT2D eigenvalue weighted by molar-refractivity contribution is 0.204. The lowest BCUT2D eigenvalue weighted by atomic mass is 10.1. The van der Waals surface area contributed by atoms with Crippen LogP contribution in [0.15, 0.2) is 28.8 Å². The van der Waals surface area contributed by atoms with Crippen LogP contribution in [0.5, 0.6) is 5.88 Å². The SMILES string of the molecule is Cc1nc(C)c(F)c(OC(C)c2ccc(-c3noc(C4CC4)n3)cc2)n1. The Bertz CT molecular complexity index is 935. The van der Waals surface area contributed by atoms with Crippen LogP contribution >= 0.6 is 0 Å². The Morgan fingerprint density at radius 3 is 2.54 bits per heavy atom. The number of hydrogen-bond donors (Lipinski definition) is 0. The summed E-state index contributed by atoms with van der Waals surface area (Å²) in [5.74, 6) is 1.65. The summed E-state index contributed by atoms with van der Waals surface area (Å²) in [5, 5.41) is 4.04. The maximum atomic E-state index is 14.1. The van der Waals surface area contributed by atoms with E-state index in [1.165, 1.54) is 0 Å². The first-order chi connectivity index (χ1) is 12.5. The number of nitrogens with zero attached hydrogens (tertiary/aromatic N) is 4. The highest BCUT2D eigenvalue weighted by molar-refractivity contribution is 5.55. The highest BCUT2D eigenvalue weighted by Gasteiger charge is 2.29. The molecule has 1 aromatic carbocycles. The minimum absolute atomic E-state index is 0.0289. The molecule has 26 heavy (non-hydrogen) atoms. The van der Waals surface area contributed by atoms with E-state index in [9.17, 15) is 4.39 Å². The molecule has 1 aliphatic rings. The minimum Gasteiger partial charge on any atom is -0.468 e. The van der Waals surface area contributed by atoms with Gasteiger partial charge in [-0.1, -0.05) is 29.4 Å². The van der Waals surface area contributed by atoms with Gasteiger partial charge in [0.15, 0.2) is 0 Å². The van der Waals surface area contributed by atoms with Crippen LogP contribution in [-0.4, -0.2) is 20.1 Å². The van der Waals surface area contributed by atoms with Gasteiger partial charge in [0.25, 0.3) is 5.88 Å².